The molecular formula is C25H26N8OS. The fourth-order valence-corrected chi connectivity index (χ4v) is 6.92. The zero-order valence-electron chi connectivity index (χ0n) is 19.5. The van der Waals surface area contributed by atoms with Crippen molar-refractivity contribution in [2.75, 3.05) is 18.8 Å². The Hall–Kier alpha value is -3.55. The van der Waals surface area contributed by atoms with E-state index >= 15 is 0 Å². The third-order valence-corrected chi connectivity index (χ3v) is 9.29. The van der Waals surface area contributed by atoms with Gasteiger partial charge in [-0.15, -0.1) is 0 Å². The lowest BCUT2D eigenvalue weighted by Gasteiger charge is -2.49. The normalized spacial score (nSPS) is 19.1. The highest BCUT2D eigenvalue weighted by molar-refractivity contribution is 7.91. The highest BCUT2D eigenvalue weighted by Crippen LogP contribution is 2.38. The van der Waals surface area contributed by atoms with Crippen LogP contribution in [0.5, 0.6) is 0 Å². The second-order valence-electron chi connectivity index (χ2n) is 9.24. The van der Waals surface area contributed by atoms with Crippen molar-refractivity contribution in [1.82, 2.24) is 28.6 Å². The Morgan fingerprint density at radius 3 is 2.71 bits per heavy atom. The van der Waals surface area contributed by atoms with Gasteiger partial charge in [0, 0.05) is 47.9 Å². The highest BCUT2D eigenvalue weighted by Gasteiger charge is 2.49. The number of hydrogen-bond donors (Lipinski definition) is 0. The van der Waals surface area contributed by atoms with E-state index in [9.17, 15) is 9.47 Å². The number of nitriles is 1. The van der Waals surface area contributed by atoms with E-state index in [0.29, 0.717) is 18.8 Å². The number of hydrogen-bond acceptors (Lipinski definition) is 6. The van der Waals surface area contributed by atoms with Crippen LogP contribution in [0.25, 0.3) is 28.0 Å². The first-order valence-corrected chi connectivity index (χ1v) is 13.5. The largest absolute Gasteiger partial charge is 0.301 e. The maximum atomic E-state index is 13.4. The maximum absolute atomic E-state index is 13.4. The molecule has 0 bridgehead atoms. The Bertz CT molecular complexity index is 1550. The smallest absolute Gasteiger partial charge is 0.148 e. The number of fused-ring (bicyclic) bond motifs is 1. The van der Waals surface area contributed by atoms with E-state index in [2.05, 4.69) is 25.5 Å². The molecule has 1 saturated carbocycles. The summed E-state index contributed by atoms with van der Waals surface area (Å²) in [6.07, 6.45) is 9.63. The molecule has 0 radical (unpaired) electrons. The van der Waals surface area contributed by atoms with E-state index in [0.717, 1.165) is 40.8 Å². The van der Waals surface area contributed by atoms with Crippen LogP contribution >= 0.6 is 0 Å². The average Bonchev–Trinajstić information content (AvgIpc) is 3.35. The van der Waals surface area contributed by atoms with Crippen molar-refractivity contribution in [2.24, 2.45) is 4.36 Å². The molecule has 10 heteroatoms. The van der Waals surface area contributed by atoms with Gasteiger partial charge in [-0.1, -0.05) is 25.1 Å². The lowest BCUT2D eigenvalue weighted by atomic mass is 9.89. The quantitative estimate of drug-likeness (QED) is 0.395. The molecule has 1 aliphatic heterocycles. The van der Waals surface area contributed by atoms with Crippen LogP contribution in [0.3, 0.4) is 0 Å². The first-order valence-electron chi connectivity index (χ1n) is 11.8. The number of para-hydroxylation sites is 1. The van der Waals surface area contributed by atoms with Crippen LogP contribution in [0.2, 0.25) is 0 Å². The molecule has 178 valence electrons. The zero-order chi connectivity index (χ0) is 24.0. The monoisotopic (exact) mass is 486 g/mol. The topological polar surface area (TPSA) is 105 Å². The maximum Gasteiger partial charge on any atom is 0.148 e. The zero-order valence-corrected chi connectivity index (χ0v) is 20.3. The van der Waals surface area contributed by atoms with E-state index in [4.69, 9.17) is 0 Å². The molecule has 1 aliphatic carbocycles. The van der Waals surface area contributed by atoms with Crippen molar-refractivity contribution in [3.63, 3.8) is 0 Å². The van der Waals surface area contributed by atoms with E-state index in [-0.39, 0.29) is 12.5 Å². The molecule has 1 aromatic carbocycles. The predicted octanol–water partition coefficient (Wildman–Crippen LogP) is 3.77. The van der Waals surface area contributed by atoms with Crippen LogP contribution in [0.4, 0.5) is 0 Å². The van der Waals surface area contributed by atoms with Crippen molar-refractivity contribution < 1.29 is 4.21 Å². The molecule has 6 rings (SSSR count). The molecule has 4 heterocycles. The summed E-state index contributed by atoms with van der Waals surface area (Å²) < 4.78 is 23.9. The van der Waals surface area contributed by atoms with E-state index in [1.807, 2.05) is 69.3 Å². The molecule has 0 N–H and O–H groups in total. The molecule has 1 atom stereocenters. The summed E-state index contributed by atoms with van der Waals surface area (Å²) in [7, 11) is -2.42. The van der Waals surface area contributed by atoms with Gasteiger partial charge in [0.25, 0.3) is 0 Å². The summed E-state index contributed by atoms with van der Waals surface area (Å²) in [6.45, 7) is 2.91. The van der Waals surface area contributed by atoms with Crippen molar-refractivity contribution in [3.8, 4) is 23.0 Å². The van der Waals surface area contributed by atoms with Gasteiger partial charge < -0.3 is 4.57 Å². The van der Waals surface area contributed by atoms with Gasteiger partial charge in [0.15, 0.2) is 0 Å². The van der Waals surface area contributed by atoms with Crippen LogP contribution < -0.4 is 0 Å². The Morgan fingerprint density at radius 1 is 1.20 bits per heavy atom. The fraction of sp³-hybridized carbons (Fsp3) is 0.360. The first-order chi connectivity index (χ1) is 17.0. The standard InChI is InChI=1S/C25H26N8OS/c1-2-35(34,30-20-8-9-20)31-16-25(17-31,11-12-26)33-15-19(14-29-33)23-22-10-13-32(24(22)28-18-27-23)21-6-4-3-5-7-21/h3-7,10,13-15,18,20H,2,8-9,11,16-17H2,1H3. The predicted molar refractivity (Wildman–Crippen MR) is 134 cm³/mol. The minimum Gasteiger partial charge on any atom is -0.301 e. The molecule has 4 aromatic rings. The lowest BCUT2D eigenvalue weighted by Crippen LogP contribution is -2.64. The van der Waals surface area contributed by atoms with Crippen LogP contribution in [-0.4, -0.2) is 57.7 Å². The summed E-state index contributed by atoms with van der Waals surface area (Å²) >= 11 is 0. The van der Waals surface area contributed by atoms with Gasteiger partial charge >= 0.3 is 0 Å². The molecule has 2 aliphatic rings. The summed E-state index contributed by atoms with van der Waals surface area (Å²) in [5.41, 5.74) is 2.98. The second-order valence-corrected chi connectivity index (χ2v) is 11.8. The Morgan fingerprint density at radius 2 is 2.00 bits per heavy atom. The van der Waals surface area contributed by atoms with E-state index in [1.165, 1.54) is 0 Å². The SMILES string of the molecule is CCS(=O)(=NC1CC1)N1CC(CC#N)(n2cc(-c3ncnc4c3ccn4-c3ccccc3)cn2)C1. The molecule has 9 nitrogen and oxygen atoms in total. The van der Waals surface area contributed by atoms with Crippen LogP contribution in [0.1, 0.15) is 26.2 Å². The molecule has 0 spiro atoms. The molecule has 2 fully saturated rings. The minimum absolute atomic E-state index is 0.230. The number of benzene rings is 1. The van der Waals surface area contributed by atoms with Gasteiger partial charge in [-0.2, -0.15) is 10.4 Å². The summed E-state index contributed by atoms with van der Waals surface area (Å²) in [6, 6.07) is 14.6. The minimum atomic E-state index is -2.42. The highest BCUT2D eigenvalue weighted by atomic mass is 32.2. The van der Waals surface area contributed by atoms with Crippen LogP contribution in [0.15, 0.2) is 65.7 Å². The average molecular weight is 487 g/mol. The number of rotatable bonds is 7. The summed E-state index contributed by atoms with van der Waals surface area (Å²) in [5.74, 6) is 0.494. The molecule has 3 aromatic heterocycles. The van der Waals surface area contributed by atoms with Crippen LogP contribution in [-0.2, 0) is 15.5 Å². The number of aromatic nitrogens is 5. The Labute approximate surface area is 204 Å². The molecular weight excluding hydrogens is 460 g/mol. The van der Waals surface area contributed by atoms with E-state index in [1.54, 1.807) is 12.5 Å². The van der Waals surface area contributed by atoms with Crippen molar-refractivity contribution in [2.45, 2.75) is 37.8 Å². The Kier molecular flexibility index (Phi) is 5.20. The molecule has 35 heavy (non-hydrogen) atoms. The van der Waals surface area contributed by atoms with Crippen LogP contribution in [0, 0.1) is 11.3 Å². The summed E-state index contributed by atoms with van der Waals surface area (Å²) in [5, 5.41) is 15.1. The van der Waals surface area contributed by atoms with Crippen molar-refractivity contribution in [1.29, 1.82) is 5.26 Å². The van der Waals surface area contributed by atoms with Crippen molar-refractivity contribution in [3.05, 3.63) is 61.3 Å². The van der Waals surface area contributed by atoms with Gasteiger partial charge in [-0.05, 0) is 31.0 Å². The third-order valence-electron chi connectivity index (χ3n) is 6.85. The van der Waals surface area contributed by atoms with Gasteiger partial charge in [0.1, 0.15) is 27.4 Å². The molecule has 1 saturated heterocycles. The van der Waals surface area contributed by atoms with Gasteiger partial charge in [0.05, 0.1) is 30.4 Å². The second kappa shape index (κ2) is 8.29. The molecule has 1 unspecified atom stereocenters. The Balaban J connectivity index is 1.33. The summed E-state index contributed by atoms with van der Waals surface area (Å²) in [4.78, 5) is 9.09. The van der Waals surface area contributed by atoms with Gasteiger partial charge in [-0.3, -0.25) is 4.68 Å². The lowest BCUT2D eigenvalue weighted by molar-refractivity contribution is 0.0749. The van der Waals surface area contributed by atoms with Gasteiger partial charge in [0.2, 0.25) is 0 Å². The fourth-order valence-electron chi connectivity index (χ4n) is 4.72. The first kappa shape index (κ1) is 21.9. The van der Waals surface area contributed by atoms with Gasteiger partial charge in [-0.25, -0.2) is 22.8 Å². The number of nitrogens with zero attached hydrogens (tertiary/aromatic N) is 8. The van der Waals surface area contributed by atoms with Crippen molar-refractivity contribution >= 4 is 20.9 Å². The molecule has 0 amide bonds. The third kappa shape index (κ3) is 3.72. The van der Waals surface area contributed by atoms with E-state index < -0.39 is 15.5 Å².